The number of fused-ring (bicyclic) bond motifs is 1. The van der Waals surface area contributed by atoms with E-state index < -0.39 is 0 Å². The molecular weight excluding hydrogens is 284 g/mol. The number of rotatable bonds is 5. The van der Waals surface area contributed by atoms with Gasteiger partial charge in [-0.2, -0.15) is 9.78 Å². The number of ether oxygens (including phenoxy) is 1. The van der Waals surface area contributed by atoms with Crippen molar-refractivity contribution in [3.8, 4) is 0 Å². The van der Waals surface area contributed by atoms with Crippen LogP contribution in [0, 0.1) is 0 Å². The van der Waals surface area contributed by atoms with Crippen LogP contribution in [-0.4, -0.2) is 32.6 Å². The van der Waals surface area contributed by atoms with Crippen molar-refractivity contribution >= 4 is 17.5 Å². The highest BCUT2D eigenvalue weighted by atomic mass is 32.2. The molecule has 0 bridgehead atoms. The molecule has 2 aromatic rings. The van der Waals surface area contributed by atoms with E-state index in [4.69, 9.17) is 9.84 Å². The van der Waals surface area contributed by atoms with E-state index in [-0.39, 0.29) is 5.44 Å². The molecule has 0 N–H and O–H groups in total. The van der Waals surface area contributed by atoms with Crippen LogP contribution < -0.4 is 0 Å². The predicted octanol–water partition coefficient (Wildman–Crippen LogP) is 2.95. The SMILES string of the molecule is CCCOC1Sc2nnc(CC)n2N=C1c1ccccc1. The lowest BCUT2D eigenvalue weighted by molar-refractivity contribution is 0.150. The Labute approximate surface area is 128 Å². The first-order valence-corrected chi connectivity index (χ1v) is 8.08. The first-order valence-electron chi connectivity index (χ1n) is 7.20. The third-order valence-electron chi connectivity index (χ3n) is 3.18. The summed E-state index contributed by atoms with van der Waals surface area (Å²) >= 11 is 1.57. The normalized spacial score (nSPS) is 17.4. The number of hydrogen-bond donors (Lipinski definition) is 0. The van der Waals surface area contributed by atoms with Crippen molar-refractivity contribution in [2.24, 2.45) is 5.10 Å². The molecule has 0 aliphatic carbocycles. The van der Waals surface area contributed by atoms with Crippen molar-refractivity contribution in [1.82, 2.24) is 14.9 Å². The van der Waals surface area contributed by atoms with Crippen LogP contribution in [0.3, 0.4) is 0 Å². The number of hydrogen-bond acceptors (Lipinski definition) is 5. The van der Waals surface area contributed by atoms with Crippen molar-refractivity contribution in [2.75, 3.05) is 6.61 Å². The molecule has 3 rings (SSSR count). The van der Waals surface area contributed by atoms with Gasteiger partial charge in [0.1, 0.15) is 5.71 Å². The molecule has 0 radical (unpaired) electrons. The summed E-state index contributed by atoms with van der Waals surface area (Å²) in [5.41, 5.74) is 1.87. The molecule has 1 atom stereocenters. The lowest BCUT2D eigenvalue weighted by Crippen LogP contribution is -2.27. The Morgan fingerprint density at radius 1 is 1.19 bits per heavy atom. The average molecular weight is 302 g/mol. The molecular formula is C15H18N4OS. The van der Waals surface area contributed by atoms with Crippen molar-refractivity contribution in [1.29, 1.82) is 0 Å². The second-order valence-electron chi connectivity index (χ2n) is 4.74. The molecule has 0 amide bonds. The van der Waals surface area contributed by atoms with Crippen LogP contribution in [0.2, 0.25) is 0 Å². The molecule has 0 saturated carbocycles. The molecule has 110 valence electrons. The highest BCUT2D eigenvalue weighted by Gasteiger charge is 2.28. The number of nitrogens with zero attached hydrogens (tertiary/aromatic N) is 4. The van der Waals surface area contributed by atoms with Crippen LogP contribution in [-0.2, 0) is 11.2 Å². The Bertz CT molecular complexity index is 638. The Balaban J connectivity index is 2.01. The van der Waals surface area contributed by atoms with Crippen molar-refractivity contribution in [2.45, 2.75) is 37.3 Å². The highest BCUT2D eigenvalue weighted by Crippen LogP contribution is 2.31. The maximum atomic E-state index is 5.95. The van der Waals surface area contributed by atoms with Crippen LogP contribution in [0.1, 0.15) is 31.7 Å². The molecule has 0 spiro atoms. The summed E-state index contributed by atoms with van der Waals surface area (Å²) in [6, 6.07) is 10.2. The van der Waals surface area contributed by atoms with Gasteiger partial charge in [0.25, 0.3) is 0 Å². The quantitative estimate of drug-likeness (QED) is 0.852. The Hall–Kier alpha value is -1.66. The van der Waals surface area contributed by atoms with Crippen LogP contribution >= 0.6 is 11.8 Å². The standard InChI is InChI=1S/C15H18N4OS/c1-3-10-20-14-13(11-8-6-5-7-9-11)18-19-12(4-2)16-17-15(19)21-14/h5-9,14H,3-4,10H2,1-2H3. The monoisotopic (exact) mass is 302 g/mol. The fourth-order valence-electron chi connectivity index (χ4n) is 2.14. The summed E-state index contributed by atoms with van der Waals surface area (Å²) < 4.78 is 7.78. The second-order valence-corrected chi connectivity index (χ2v) is 5.76. The maximum absolute atomic E-state index is 5.95. The molecule has 1 unspecified atom stereocenters. The number of aromatic nitrogens is 3. The van der Waals surface area contributed by atoms with E-state index >= 15 is 0 Å². The Kier molecular flexibility index (Phi) is 4.36. The van der Waals surface area contributed by atoms with E-state index in [0.29, 0.717) is 6.61 Å². The van der Waals surface area contributed by atoms with Gasteiger partial charge in [0.2, 0.25) is 5.16 Å². The van der Waals surface area contributed by atoms with Gasteiger partial charge in [-0.15, -0.1) is 10.2 Å². The number of aryl methyl sites for hydroxylation is 1. The average Bonchev–Trinajstić information content (AvgIpc) is 2.94. The van der Waals surface area contributed by atoms with Gasteiger partial charge in [0, 0.05) is 18.6 Å². The molecule has 5 nitrogen and oxygen atoms in total. The third-order valence-corrected chi connectivity index (χ3v) is 4.22. The number of thioether (sulfide) groups is 1. The molecule has 1 aromatic carbocycles. The minimum atomic E-state index is -0.131. The fourth-order valence-corrected chi connectivity index (χ4v) is 3.12. The topological polar surface area (TPSA) is 52.3 Å². The molecule has 2 heterocycles. The molecule has 0 saturated heterocycles. The summed E-state index contributed by atoms with van der Waals surface area (Å²) in [5, 5.41) is 13.9. The zero-order valence-electron chi connectivity index (χ0n) is 12.2. The first-order chi connectivity index (χ1) is 10.3. The van der Waals surface area contributed by atoms with E-state index in [9.17, 15) is 0 Å². The van der Waals surface area contributed by atoms with Crippen molar-refractivity contribution < 1.29 is 4.74 Å². The van der Waals surface area contributed by atoms with Crippen LogP contribution in [0.25, 0.3) is 0 Å². The van der Waals surface area contributed by atoms with Crippen LogP contribution in [0.15, 0.2) is 40.6 Å². The minimum absolute atomic E-state index is 0.131. The van der Waals surface area contributed by atoms with E-state index in [0.717, 1.165) is 35.1 Å². The smallest absolute Gasteiger partial charge is 0.214 e. The van der Waals surface area contributed by atoms with E-state index in [1.165, 1.54) is 0 Å². The van der Waals surface area contributed by atoms with Gasteiger partial charge in [-0.25, -0.2) is 0 Å². The maximum Gasteiger partial charge on any atom is 0.214 e. The van der Waals surface area contributed by atoms with Crippen LogP contribution in [0.5, 0.6) is 0 Å². The lowest BCUT2D eigenvalue weighted by Gasteiger charge is -2.23. The molecule has 1 aliphatic heterocycles. The summed E-state index contributed by atoms with van der Waals surface area (Å²) in [5.74, 6) is 0.875. The summed E-state index contributed by atoms with van der Waals surface area (Å²) in [7, 11) is 0. The molecule has 0 fully saturated rings. The molecule has 1 aromatic heterocycles. The van der Waals surface area contributed by atoms with Gasteiger partial charge in [-0.3, -0.25) is 0 Å². The van der Waals surface area contributed by atoms with Crippen molar-refractivity contribution in [3.05, 3.63) is 41.7 Å². The van der Waals surface area contributed by atoms with Crippen LogP contribution in [0.4, 0.5) is 0 Å². The summed E-state index contributed by atoms with van der Waals surface area (Å²) in [4.78, 5) is 0. The van der Waals surface area contributed by atoms with Gasteiger partial charge < -0.3 is 4.74 Å². The van der Waals surface area contributed by atoms with E-state index in [1.54, 1.807) is 11.8 Å². The summed E-state index contributed by atoms with van der Waals surface area (Å²) in [6.07, 6.45) is 1.78. The predicted molar refractivity (Wildman–Crippen MR) is 83.7 cm³/mol. The first kappa shape index (κ1) is 14.3. The van der Waals surface area contributed by atoms with E-state index in [2.05, 4.69) is 36.2 Å². The van der Waals surface area contributed by atoms with Gasteiger partial charge in [-0.1, -0.05) is 44.2 Å². The fraction of sp³-hybridized carbons (Fsp3) is 0.400. The highest BCUT2D eigenvalue weighted by molar-refractivity contribution is 8.00. The zero-order valence-corrected chi connectivity index (χ0v) is 13.0. The Morgan fingerprint density at radius 3 is 2.71 bits per heavy atom. The lowest BCUT2D eigenvalue weighted by atomic mass is 10.1. The Morgan fingerprint density at radius 2 is 2.00 bits per heavy atom. The van der Waals surface area contributed by atoms with Gasteiger partial charge in [-0.05, 0) is 18.2 Å². The molecule has 1 aliphatic rings. The minimum Gasteiger partial charge on any atom is -0.361 e. The molecule has 21 heavy (non-hydrogen) atoms. The second kappa shape index (κ2) is 6.41. The summed E-state index contributed by atoms with van der Waals surface area (Å²) in [6.45, 7) is 4.86. The van der Waals surface area contributed by atoms with Crippen molar-refractivity contribution in [3.63, 3.8) is 0 Å². The zero-order chi connectivity index (χ0) is 14.7. The largest absolute Gasteiger partial charge is 0.361 e. The number of benzene rings is 1. The van der Waals surface area contributed by atoms with E-state index in [1.807, 2.05) is 22.9 Å². The third kappa shape index (κ3) is 2.87. The van der Waals surface area contributed by atoms with Gasteiger partial charge >= 0.3 is 0 Å². The van der Waals surface area contributed by atoms with Gasteiger partial charge in [0.05, 0.1) is 0 Å². The van der Waals surface area contributed by atoms with Gasteiger partial charge in [0.15, 0.2) is 11.3 Å². The molecule has 6 heteroatoms.